The quantitative estimate of drug-likeness (QED) is 0.894. The SMILES string of the molecule is CC(C)(C)C(Cc1ccc(Br)cc1)NC(=O)O. The molecule has 0 saturated heterocycles. The number of halogens is 1. The summed E-state index contributed by atoms with van der Waals surface area (Å²) in [7, 11) is 0. The van der Waals surface area contributed by atoms with Gasteiger partial charge in [0.15, 0.2) is 0 Å². The maximum atomic E-state index is 10.8. The molecule has 1 unspecified atom stereocenters. The predicted molar refractivity (Wildman–Crippen MR) is 72.2 cm³/mol. The van der Waals surface area contributed by atoms with Gasteiger partial charge in [-0.05, 0) is 29.5 Å². The molecule has 2 N–H and O–H groups in total. The van der Waals surface area contributed by atoms with Crippen molar-refractivity contribution in [2.45, 2.75) is 33.2 Å². The van der Waals surface area contributed by atoms with Gasteiger partial charge in [-0.2, -0.15) is 0 Å². The molecule has 0 fully saturated rings. The Kier molecular flexibility index (Phi) is 4.57. The van der Waals surface area contributed by atoms with Gasteiger partial charge in [-0.25, -0.2) is 4.79 Å². The summed E-state index contributed by atoms with van der Waals surface area (Å²) in [6, 6.07) is 7.85. The van der Waals surface area contributed by atoms with Crippen molar-refractivity contribution in [1.29, 1.82) is 0 Å². The van der Waals surface area contributed by atoms with Crippen molar-refractivity contribution in [2.24, 2.45) is 5.41 Å². The largest absolute Gasteiger partial charge is 0.465 e. The van der Waals surface area contributed by atoms with Crippen molar-refractivity contribution < 1.29 is 9.90 Å². The Morgan fingerprint density at radius 2 is 1.88 bits per heavy atom. The van der Waals surface area contributed by atoms with Crippen molar-refractivity contribution >= 4 is 22.0 Å². The third-order valence-corrected chi connectivity index (χ3v) is 3.22. The van der Waals surface area contributed by atoms with E-state index in [0.717, 1.165) is 10.0 Å². The first-order valence-electron chi connectivity index (χ1n) is 5.53. The molecule has 1 amide bonds. The number of hydrogen-bond acceptors (Lipinski definition) is 1. The summed E-state index contributed by atoms with van der Waals surface area (Å²) in [5, 5.41) is 11.4. The predicted octanol–water partition coefficient (Wildman–Crippen LogP) is 3.67. The highest BCUT2D eigenvalue weighted by atomic mass is 79.9. The summed E-state index contributed by atoms with van der Waals surface area (Å²) in [5.41, 5.74) is 1.02. The monoisotopic (exact) mass is 299 g/mol. The van der Waals surface area contributed by atoms with Gasteiger partial charge in [0.1, 0.15) is 0 Å². The van der Waals surface area contributed by atoms with Gasteiger partial charge in [0.2, 0.25) is 0 Å². The van der Waals surface area contributed by atoms with Crippen molar-refractivity contribution in [3.63, 3.8) is 0 Å². The summed E-state index contributed by atoms with van der Waals surface area (Å²) in [5.74, 6) is 0. The molecule has 3 nitrogen and oxygen atoms in total. The first-order valence-corrected chi connectivity index (χ1v) is 6.32. The van der Waals surface area contributed by atoms with E-state index in [-0.39, 0.29) is 11.5 Å². The zero-order valence-electron chi connectivity index (χ0n) is 10.3. The fourth-order valence-corrected chi connectivity index (χ4v) is 1.84. The van der Waals surface area contributed by atoms with Crippen LogP contribution in [0.15, 0.2) is 28.7 Å². The molecule has 1 rings (SSSR count). The van der Waals surface area contributed by atoms with Crippen LogP contribution in [0.25, 0.3) is 0 Å². The molecule has 0 aromatic heterocycles. The van der Waals surface area contributed by atoms with E-state index in [2.05, 4.69) is 21.2 Å². The molecular weight excluding hydrogens is 282 g/mol. The molecule has 0 aliphatic rings. The first-order chi connectivity index (χ1) is 7.79. The van der Waals surface area contributed by atoms with Crippen LogP contribution in [-0.4, -0.2) is 17.2 Å². The van der Waals surface area contributed by atoms with Crippen LogP contribution in [0, 0.1) is 5.41 Å². The minimum Gasteiger partial charge on any atom is -0.465 e. The lowest BCUT2D eigenvalue weighted by atomic mass is 9.83. The van der Waals surface area contributed by atoms with Crippen molar-refractivity contribution in [3.8, 4) is 0 Å². The standard InChI is InChI=1S/C13H18BrNO2/c1-13(2,3)11(15-12(16)17)8-9-4-6-10(14)7-5-9/h4-7,11,15H,8H2,1-3H3,(H,16,17). The smallest absolute Gasteiger partial charge is 0.404 e. The van der Waals surface area contributed by atoms with Gasteiger partial charge in [0.05, 0.1) is 0 Å². The maximum Gasteiger partial charge on any atom is 0.404 e. The van der Waals surface area contributed by atoms with Crippen molar-refractivity contribution in [1.82, 2.24) is 5.32 Å². The number of nitrogens with one attached hydrogen (secondary N) is 1. The highest BCUT2D eigenvalue weighted by Crippen LogP contribution is 2.23. The van der Waals surface area contributed by atoms with Gasteiger partial charge < -0.3 is 10.4 Å². The fourth-order valence-electron chi connectivity index (χ4n) is 1.58. The van der Waals surface area contributed by atoms with E-state index in [4.69, 9.17) is 5.11 Å². The van der Waals surface area contributed by atoms with Gasteiger partial charge >= 0.3 is 6.09 Å². The topological polar surface area (TPSA) is 49.3 Å². The molecule has 0 aliphatic heterocycles. The maximum absolute atomic E-state index is 10.8. The van der Waals surface area contributed by atoms with Crippen molar-refractivity contribution in [2.75, 3.05) is 0 Å². The van der Waals surface area contributed by atoms with E-state index in [1.807, 2.05) is 45.0 Å². The van der Waals surface area contributed by atoms with Gasteiger partial charge in [0, 0.05) is 10.5 Å². The number of carboxylic acid groups (broad SMARTS) is 1. The average Bonchev–Trinajstić information content (AvgIpc) is 2.18. The number of rotatable bonds is 3. The van der Waals surface area contributed by atoms with Gasteiger partial charge in [-0.1, -0.05) is 48.8 Å². The van der Waals surface area contributed by atoms with E-state index in [1.165, 1.54) is 0 Å². The van der Waals surface area contributed by atoms with Crippen molar-refractivity contribution in [3.05, 3.63) is 34.3 Å². The van der Waals surface area contributed by atoms with Crippen LogP contribution in [0.1, 0.15) is 26.3 Å². The Morgan fingerprint density at radius 1 is 1.35 bits per heavy atom. The summed E-state index contributed by atoms with van der Waals surface area (Å²) in [6.07, 6.45) is -0.273. The molecule has 0 aliphatic carbocycles. The normalized spacial score (nSPS) is 13.2. The second-order valence-electron chi connectivity index (χ2n) is 5.20. The number of carbonyl (C=O) groups is 1. The summed E-state index contributed by atoms with van der Waals surface area (Å²) in [6.45, 7) is 6.10. The highest BCUT2D eigenvalue weighted by molar-refractivity contribution is 9.10. The molecule has 1 aromatic rings. The molecule has 0 spiro atoms. The van der Waals surface area contributed by atoms with Gasteiger partial charge in [0.25, 0.3) is 0 Å². The Labute approximate surface area is 110 Å². The van der Waals surface area contributed by atoms with E-state index >= 15 is 0 Å². The second kappa shape index (κ2) is 5.54. The lowest BCUT2D eigenvalue weighted by Gasteiger charge is -2.30. The molecule has 1 aromatic carbocycles. The average molecular weight is 300 g/mol. The molecule has 0 saturated carbocycles. The highest BCUT2D eigenvalue weighted by Gasteiger charge is 2.26. The zero-order valence-corrected chi connectivity index (χ0v) is 11.9. The van der Waals surface area contributed by atoms with E-state index in [9.17, 15) is 4.79 Å². The van der Waals surface area contributed by atoms with Crippen LogP contribution in [0.5, 0.6) is 0 Å². The van der Waals surface area contributed by atoms with E-state index in [1.54, 1.807) is 0 Å². The molecule has 0 radical (unpaired) electrons. The van der Waals surface area contributed by atoms with Crippen LogP contribution in [0.4, 0.5) is 4.79 Å². The molecular formula is C13H18BrNO2. The summed E-state index contributed by atoms with van der Waals surface area (Å²) < 4.78 is 1.03. The summed E-state index contributed by atoms with van der Waals surface area (Å²) >= 11 is 3.38. The van der Waals surface area contributed by atoms with E-state index < -0.39 is 6.09 Å². The van der Waals surface area contributed by atoms with Crippen LogP contribution in [-0.2, 0) is 6.42 Å². The second-order valence-corrected chi connectivity index (χ2v) is 6.11. The van der Waals surface area contributed by atoms with Crippen LogP contribution >= 0.6 is 15.9 Å². The Bertz CT molecular complexity index is 381. The number of amides is 1. The fraction of sp³-hybridized carbons (Fsp3) is 0.462. The van der Waals surface area contributed by atoms with Gasteiger partial charge in [-0.15, -0.1) is 0 Å². The minimum atomic E-state index is -0.970. The number of benzene rings is 1. The first kappa shape index (κ1) is 14.0. The molecule has 94 valence electrons. The number of hydrogen-bond donors (Lipinski definition) is 2. The lowest BCUT2D eigenvalue weighted by Crippen LogP contribution is -2.44. The van der Waals surface area contributed by atoms with E-state index in [0.29, 0.717) is 6.42 Å². The van der Waals surface area contributed by atoms with Crippen LogP contribution < -0.4 is 5.32 Å². The third kappa shape index (κ3) is 4.77. The summed E-state index contributed by atoms with van der Waals surface area (Å²) in [4.78, 5) is 10.8. The minimum absolute atomic E-state index is 0.0961. The Morgan fingerprint density at radius 3 is 2.29 bits per heavy atom. The molecule has 0 bridgehead atoms. The zero-order chi connectivity index (χ0) is 13.1. The third-order valence-electron chi connectivity index (χ3n) is 2.70. The van der Waals surface area contributed by atoms with Crippen LogP contribution in [0.2, 0.25) is 0 Å². The molecule has 4 heteroatoms. The van der Waals surface area contributed by atoms with Gasteiger partial charge in [-0.3, -0.25) is 0 Å². The lowest BCUT2D eigenvalue weighted by molar-refractivity contribution is 0.174. The Hall–Kier alpha value is -1.03. The molecule has 0 heterocycles. The molecule has 1 atom stereocenters. The van der Waals surface area contributed by atoms with Crippen LogP contribution in [0.3, 0.4) is 0 Å². The Balaban J connectivity index is 2.79. The molecule has 17 heavy (non-hydrogen) atoms.